The van der Waals surface area contributed by atoms with Gasteiger partial charge in [0.1, 0.15) is 0 Å². The van der Waals surface area contributed by atoms with Gasteiger partial charge in [-0.15, -0.1) is 0 Å². The van der Waals surface area contributed by atoms with E-state index < -0.39 is 0 Å². The van der Waals surface area contributed by atoms with Gasteiger partial charge in [-0.3, -0.25) is 0 Å². The number of piperidine rings is 1. The highest BCUT2D eigenvalue weighted by atomic mass is 15.1. The third kappa shape index (κ3) is 1.56. The molecule has 0 amide bonds. The molecular weight excluding hydrogens is 146 g/mol. The first-order chi connectivity index (χ1) is 5.75. The van der Waals surface area contributed by atoms with Crippen molar-refractivity contribution in [3.63, 3.8) is 0 Å². The van der Waals surface area contributed by atoms with Crippen molar-refractivity contribution in [1.29, 1.82) is 0 Å². The number of likely N-dealkylation sites (tertiary alicyclic amines) is 1. The maximum Gasteiger partial charge on any atom is 0.00124 e. The fraction of sp³-hybridized carbons (Fsp3) is 0.818. The summed E-state index contributed by atoms with van der Waals surface area (Å²) in [5.74, 6) is 1.97. The van der Waals surface area contributed by atoms with E-state index in [2.05, 4.69) is 24.9 Å². The van der Waals surface area contributed by atoms with Gasteiger partial charge in [0, 0.05) is 6.54 Å². The lowest BCUT2D eigenvalue weighted by atomic mass is 9.76. The SMILES string of the molecule is CC1=CCC2CCN(C)CC2C1. The third-order valence-corrected chi connectivity index (χ3v) is 3.45. The largest absolute Gasteiger partial charge is 0.306 e. The van der Waals surface area contributed by atoms with Crippen LogP contribution in [0.25, 0.3) is 0 Å². The van der Waals surface area contributed by atoms with Gasteiger partial charge < -0.3 is 4.90 Å². The van der Waals surface area contributed by atoms with E-state index in [1.54, 1.807) is 5.57 Å². The lowest BCUT2D eigenvalue weighted by molar-refractivity contribution is 0.137. The Bertz CT molecular complexity index is 195. The van der Waals surface area contributed by atoms with Gasteiger partial charge in [-0.2, -0.15) is 0 Å². The summed E-state index contributed by atoms with van der Waals surface area (Å²) in [7, 11) is 2.25. The van der Waals surface area contributed by atoms with E-state index in [4.69, 9.17) is 0 Å². The van der Waals surface area contributed by atoms with Crippen LogP contribution in [0.1, 0.15) is 26.2 Å². The van der Waals surface area contributed by atoms with Gasteiger partial charge in [0.2, 0.25) is 0 Å². The Hall–Kier alpha value is -0.300. The molecule has 1 aliphatic heterocycles. The summed E-state index contributed by atoms with van der Waals surface area (Å²) in [6, 6.07) is 0. The molecule has 0 N–H and O–H groups in total. The molecule has 68 valence electrons. The molecule has 1 heterocycles. The van der Waals surface area contributed by atoms with Crippen molar-refractivity contribution in [3.05, 3.63) is 11.6 Å². The Morgan fingerprint density at radius 2 is 2.25 bits per heavy atom. The number of hydrogen-bond acceptors (Lipinski definition) is 1. The molecule has 1 fully saturated rings. The zero-order chi connectivity index (χ0) is 8.55. The van der Waals surface area contributed by atoms with E-state index in [-0.39, 0.29) is 0 Å². The van der Waals surface area contributed by atoms with Crippen LogP contribution in [0, 0.1) is 11.8 Å². The van der Waals surface area contributed by atoms with E-state index in [1.165, 1.54) is 32.4 Å². The molecule has 1 saturated heterocycles. The van der Waals surface area contributed by atoms with Gasteiger partial charge in [0.05, 0.1) is 0 Å². The Kier molecular flexibility index (Phi) is 2.22. The van der Waals surface area contributed by atoms with E-state index in [9.17, 15) is 0 Å². The molecule has 1 aliphatic carbocycles. The first kappa shape index (κ1) is 8.31. The molecule has 1 nitrogen and oxygen atoms in total. The number of allylic oxidation sites excluding steroid dienone is 2. The molecule has 0 spiro atoms. The second-order valence-electron chi connectivity index (χ2n) is 4.56. The second kappa shape index (κ2) is 3.21. The van der Waals surface area contributed by atoms with E-state index in [0.29, 0.717) is 0 Å². The smallest absolute Gasteiger partial charge is 0.00124 e. The molecule has 2 unspecified atom stereocenters. The summed E-state index contributed by atoms with van der Waals surface area (Å²) in [4.78, 5) is 2.49. The number of nitrogens with zero attached hydrogens (tertiary/aromatic N) is 1. The topological polar surface area (TPSA) is 3.24 Å². The summed E-state index contributed by atoms with van der Waals surface area (Å²) in [6.07, 6.45) is 6.58. The molecule has 0 aromatic heterocycles. The highest BCUT2D eigenvalue weighted by Crippen LogP contribution is 2.34. The highest BCUT2D eigenvalue weighted by Gasteiger charge is 2.28. The average molecular weight is 165 g/mol. The predicted octanol–water partition coefficient (Wildman–Crippen LogP) is 2.29. The zero-order valence-electron chi connectivity index (χ0n) is 8.21. The first-order valence-electron chi connectivity index (χ1n) is 5.10. The van der Waals surface area contributed by atoms with E-state index in [0.717, 1.165) is 11.8 Å². The highest BCUT2D eigenvalue weighted by molar-refractivity contribution is 5.07. The molecule has 2 aliphatic rings. The molecule has 1 heteroatoms. The molecule has 0 radical (unpaired) electrons. The lowest BCUT2D eigenvalue weighted by Gasteiger charge is -2.39. The van der Waals surface area contributed by atoms with Crippen LogP contribution in [-0.4, -0.2) is 25.0 Å². The number of rotatable bonds is 0. The quantitative estimate of drug-likeness (QED) is 0.498. The molecule has 0 aromatic rings. The zero-order valence-corrected chi connectivity index (χ0v) is 8.21. The maximum atomic E-state index is 2.49. The predicted molar refractivity (Wildman–Crippen MR) is 52.1 cm³/mol. The van der Waals surface area contributed by atoms with Crippen LogP contribution in [0.4, 0.5) is 0 Å². The summed E-state index contributed by atoms with van der Waals surface area (Å²) >= 11 is 0. The van der Waals surface area contributed by atoms with Crippen LogP contribution >= 0.6 is 0 Å². The van der Waals surface area contributed by atoms with Gasteiger partial charge in [0.25, 0.3) is 0 Å². The lowest BCUT2D eigenvalue weighted by Crippen LogP contribution is -2.39. The Morgan fingerprint density at radius 3 is 3.08 bits per heavy atom. The van der Waals surface area contributed by atoms with Crippen molar-refractivity contribution in [1.82, 2.24) is 4.90 Å². The van der Waals surface area contributed by atoms with Gasteiger partial charge in [0.15, 0.2) is 0 Å². The molecule has 2 rings (SSSR count). The molecule has 12 heavy (non-hydrogen) atoms. The maximum absolute atomic E-state index is 2.49. The van der Waals surface area contributed by atoms with Crippen molar-refractivity contribution in [3.8, 4) is 0 Å². The normalized spacial score (nSPS) is 37.3. The van der Waals surface area contributed by atoms with E-state index >= 15 is 0 Å². The van der Waals surface area contributed by atoms with Crippen LogP contribution in [0.2, 0.25) is 0 Å². The minimum atomic E-state index is 0.966. The second-order valence-corrected chi connectivity index (χ2v) is 4.56. The van der Waals surface area contributed by atoms with Crippen molar-refractivity contribution >= 4 is 0 Å². The summed E-state index contributed by atoms with van der Waals surface area (Å²) in [5.41, 5.74) is 1.62. The first-order valence-corrected chi connectivity index (χ1v) is 5.10. The Balaban J connectivity index is 2.03. The van der Waals surface area contributed by atoms with Crippen LogP contribution in [0.5, 0.6) is 0 Å². The molecule has 0 bridgehead atoms. The minimum absolute atomic E-state index is 0.966. The standard InChI is InChI=1S/C11H19N/c1-9-3-4-10-5-6-12(2)8-11(10)7-9/h3,10-11H,4-8H2,1-2H3. The third-order valence-electron chi connectivity index (χ3n) is 3.45. The van der Waals surface area contributed by atoms with Crippen molar-refractivity contribution in [2.24, 2.45) is 11.8 Å². The molecule has 2 atom stereocenters. The number of hydrogen-bond donors (Lipinski definition) is 0. The summed E-state index contributed by atoms with van der Waals surface area (Å²) < 4.78 is 0. The molecule has 0 saturated carbocycles. The Labute approximate surface area is 75.4 Å². The van der Waals surface area contributed by atoms with Gasteiger partial charge >= 0.3 is 0 Å². The van der Waals surface area contributed by atoms with Crippen molar-refractivity contribution in [2.45, 2.75) is 26.2 Å². The summed E-state index contributed by atoms with van der Waals surface area (Å²) in [6.45, 7) is 4.93. The van der Waals surface area contributed by atoms with Gasteiger partial charge in [-0.05, 0) is 51.6 Å². The van der Waals surface area contributed by atoms with Crippen LogP contribution in [0.15, 0.2) is 11.6 Å². The van der Waals surface area contributed by atoms with E-state index in [1.807, 2.05) is 0 Å². The van der Waals surface area contributed by atoms with Crippen LogP contribution < -0.4 is 0 Å². The van der Waals surface area contributed by atoms with Crippen LogP contribution in [0.3, 0.4) is 0 Å². The summed E-state index contributed by atoms with van der Waals surface area (Å²) in [5, 5.41) is 0. The van der Waals surface area contributed by atoms with Gasteiger partial charge in [-0.1, -0.05) is 11.6 Å². The van der Waals surface area contributed by atoms with Crippen molar-refractivity contribution < 1.29 is 0 Å². The fourth-order valence-electron chi connectivity index (χ4n) is 2.65. The minimum Gasteiger partial charge on any atom is -0.306 e. The fourth-order valence-corrected chi connectivity index (χ4v) is 2.65. The monoisotopic (exact) mass is 165 g/mol. The molecule has 0 aromatic carbocycles. The van der Waals surface area contributed by atoms with Gasteiger partial charge in [-0.25, -0.2) is 0 Å². The average Bonchev–Trinajstić information content (AvgIpc) is 2.03. The van der Waals surface area contributed by atoms with Crippen molar-refractivity contribution in [2.75, 3.05) is 20.1 Å². The number of fused-ring (bicyclic) bond motifs is 1. The van der Waals surface area contributed by atoms with Crippen LogP contribution in [-0.2, 0) is 0 Å². The molecular formula is C11H19N. The Morgan fingerprint density at radius 1 is 1.42 bits per heavy atom.